The minimum Gasteiger partial charge on any atom is -0.361 e. The summed E-state index contributed by atoms with van der Waals surface area (Å²) >= 11 is 2.71. The highest BCUT2D eigenvalue weighted by atomic mass is 79.9. The van der Waals surface area contributed by atoms with E-state index in [4.69, 9.17) is 4.74 Å². The number of benzene rings is 1. The standard InChI is InChI=1S/C15H9BrF6N2O/c1-2-25-6-24-13(7-3-9(17)12(19)10(18)4-7)8(5-23)11(16)14(24)15(20,21)22/h3-4H,2,6H2,1H3. The van der Waals surface area contributed by atoms with Gasteiger partial charge in [-0.3, -0.25) is 0 Å². The molecular weight excluding hydrogens is 418 g/mol. The number of hydrogen-bond acceptors (Lipinski definition) is 2. The van der Waals surface area contributed by atoms with Gasteiger partial charge in [-0.05, 0) is 35.0 Å². The molecule has 3 nitrogen and oxygen atoms in total. The third-order valence-electron chi connectivity index (χ3n) is 3.27. The third kappa shape index (κ3) is 3.52. The summed E-state index contributed by atoms with van der Waals surface area (Å²) in [6.07, 6.45) is -4.88. The monoisotopic (exact) mass is 426 g/mol. The molecule has 0 atom stereocenters. The average Bonchev–Trinajstić information content (AvgIpc) is 2.81. The molecule has 0 radical (unpaired) electrons. The molecule has 134 valence electrons. The van der Waals surface area contributed by atoms with Gasteiger partial charge in [0.15, 0.2) is 17.5 Å². The van der Waals surface area contributed by atoms with Crippen molar-refractivity contribution in [2.75, 3.05) is 6.61 Å². The predicted octanol–water partition coefficient (Wildman–Crippen LogP) is 5.22. The zero-order valence-electron chi connectivity index (χ0n) is 12.5. The third-order valence-corrected chi connectivity index (χ3v) is 4.04. The summed E-state index contributed by atoms with van der Waals surface area (Å²) in [6, 6.07) is 2.60. The highest BCUT2D eigenvalue weighted by Gasteiger charge is 2.41. The smallest absolute Gasteiger partial charge is 0.361 e. The maximum atomic E-state index is 13.5. The Hall–Kier alpha value is -1.99. The topological polar surface area (TPSA) is 38.0 Å². The number of aromatic nitrogens is 1. The molecule has 0 saturated heterocycles. The van der Waals surface area contributed by atoms with E-state index < -0.39 is 57.3 Å². The molecule has 0 bridgehead atoms. The molecule has 25 heavy (non-hydrogen) atoms. The summed E-state index contributed by atoms with van der Waals surface area (Å²) in [5.74, 6) is -4.94. The van der Waals surface area contributed by atoms with Crippen molar-refractivity contribution in [2.45, 2.75) is 19.8 Å². The number of nitrogens with zero attached hydrogens (tertiary/aromatic N) is 2. The van der Waals surface area contributed by atoms with Crippen molar-refractivity contribution >= 4 is 15.9 Å². The van der Waals surface area contributed by atoms with Crippen molar-refractivity contribution in [2.24, 2.45) is 0 Å². The van der Waals surface area contributed by atoms with Crippen molar-refractivity contribution in [3.05, 3.63) is 45.3 Å². The maximum absolute atomic E-state index is 13.5. The lowest BCUT2D eigenvalue weighted by atomic mass is 10.1. The zero-order chi connectivity index (χ0) is 18.9. The second kappa shape index (κ2) is 7.09. The maximum Gasteiger partial charge on any atom is 0.432 e. The fraction of sp³-hybridized carbons (Fsp3) is 0.267. The molecule has 0 N–H and O–H groups in total. The van der Waals surface area contributed by atoms with Gasteiger partial charge in [-0.25, -0.2) is 13.2 Å². The van der Waals surface area contributed by atoms with Crippen LogP contribution in [0.15, 0.2) is 16.6 Å². The molecule has 0 aliphatic rings. The predicted molar refractivity (Wildman–Crippen MR) is 78.8 cm³/mol. The van der Waals surface area contributed by atoms with Gasteiger partial charge in [-0.15, -0.1) is 0 Å². The van der Waals surface area contributed by atoms with Gasteiger partial charge in [0.05, 0.1) is 15.7 Å². The van der Waals surface area contributed by atoms with Gasteiger partial charge >= 0.3 is 6.18 Å². The van der Waals surface area contributed by atoms with Crippen LogP contribution < -0.4 is 0 Å². The Morgan fingerprint density at radius 1 is 1.20 bits per heavy atom. The van der Waals surface area contributed by atoms with Crippen LogP contribution in [0.3, 0.4) is 0 Å². The minimum absolute atomic E-state index is 0.0561. The van der Waals surface area contributed by atoms with Gasteiger partial charge in [0, 0.05) is 12.2 Å². The molecule has 2 aromatic rings. The van der Waals surface area contributed by atoms with Crippen molar-refractivity contribution < 1.29 is 31.1 Å². The van der Waals surface area contributed by atoms with Crippen LogP contribution in [0.25, 0.3) is 11.3 Å². The van der Waals surface area contributed by atoms with E-state index in [9.17, 15) is 31.6 Å². The Bertz CT molecular complexity index is 830. The molecule has 2 rings (SSSR count). The normalized spacial score (nSPS) is 11.6. The lowest BCUT2D eigenvalue weighted by Gasteiger charge is -2.15. The molecule has 1 aromatic heterocycles. The van der Waals surface area contributed by atoms with Crippen LogP contribution in [0.5, 0.6) is 0 Å². The van der Waals surface area contributed by atoms with Crippen LogP contribution in [0.1, 0.15) is 18.2 Å². The summed E-state index contributed by atoms with van der Waals surface area (Å²) in [6.45, 7) is 0.968. The van der Waals surface area contributed by atoms with Crippen molar-refractivity contribution in [3.63, 3.8) is 0 Å². The Labute approximate surface area is 146 Å². The Balaban J connectivity index is 2.87. The van der Waals surface area contributed by atoms with E-state index in [0.717, 1.165) is 0 Å². The van der Waals surface area contributed by atoms with Crippen molar-refractivity contribution in [1.29, 1.82) is 5.26 Å². The van der Waals surface area contributed by atoms with Crippen molar-refractivity contribution in [3.8, 4) is 17.3 Å². The summed E-state index contributed by atoms with van der Waals surface area (Å²) in [7, 11) is 0. The Kier molecular flexibility index (Phi) is 5.49. The second-order valence-electron chi connectivity index (χ2n) is 4.80. The molecule has 0 aliphatic carbocycles. The average molecular weight is 427 g/mol. The molecule has 0 fully saturated rings. The van der Waals surface area contributed by atoms with E-state index >= 15 is 0 Å². The molecule has 0 unspecified atom stereocenters. The van der Waals surface area contributed by atoms with Gasteiger partial charge in [0.1, 0.15) is 18.5 Å². The molecule has 10 heteroatoms. The van der Waals surface area contributed by atoms with Gasteiger partial charge in [-0.2, -0.15) is 18.4 Å². The first-order valence-corrected chi connectivity index (χ1v) is 7.54. The second-order valence-corrected chi connectivity index (χ2v) is 5.59. The summed E-state index contributed by atoms with van der Waals surface area (Å²) in [5, 5.41) is 9.22. The van der Waals surface area contributed by atoms with Crippen LogP contribution in [-0.4, -0.2) is 11.2 Å². The van der Waals surface area contributed by atoms with E-state index in [1.807, 2.05) is 0 Å². The van der Waals surface area contributed by atoms with Crippen LogP contribution in [-0.2, 0) is 17.6 Å². The van der Waals surface area contributed by atoms with E-state index in [1.54, 1.807) is 6.07 Å². The first-order valence-electron chi connectivity index (χ1n) is 6.75. The Morgan fingerprint density at radius 2 is 1.76 bits per heavy atom. The molecule has 0 saturated carbocycles. The number of ether oxygens (including phenoxy) is 1. The lowest BCUT2D eigenvalue weighted by molar-refractivity contribution is -0.146. The summed E-state index contributed by atoms with van der Waals surface area (Å²) in [5.41, 5.74) is -2.62. The van der Waals surface area contributed by atoms with Crippen LogP contribution in [0.4, 0.5) is 26.3 Å². The first-order chi connectivity index (χ1) is 11.6. The van der Waals surface area contributed by atoms with E-state index in [0.29, 0.717) is 16.7 Å². The first kappa shape index (κ1) is 19.3. The molecule has 1 heterocycles. The van der Waals surface area contributed by atoms with Gasteiger partial charge in [-0.1, -0.05) is 0 Å². The van der Waals surface area contributed by atoms with Crippen LogP contribution in [0.2, 0.25) is 0 Å². The van der Waals surface area contributed by atoms with Gasteiger partial charge in [0.2, 0.25) is 0 Å². The fourth-order valence-corrected chi connectivity index (χ4v) is 2.99. The molecule has 0 aliphatic heterocycles. The van der Waals surface area contributed by atoms with Gasteiger partial charge < -0.3 is 9.30 Å². The molecule has 0 amide bonds. The quantitative estimate of drug-likeness (QED) is 0.496. The molecular formula is C15H9BrF6N2O. The number of nitriles is 1. The highest BCUT2D eigenvalue weighted by molar-refractivity contribution is 9.10. The molecule has 0 spiro atoms. The van der Waals surface area contributed by atoms with E-state index in [-0.39, 0.29) is 6.61 Å². The Morgan fingerprint density at radius 3 is 2.20 bits per heavy atom. The van der Waals surface area contributed by atoms with E-state index in [1.165, 1.54) is 6.92 Å². The highest BCUT2D eigenvalue weighted by Crippen LogP contribution is 2.43. The van der Waals surface area contributed by atoms with E-state index in [2.05, 4.69) is 15.9 Å². The van der Waals surface area contributed by atoms with Crippen molar-refractivity contribution in [1.82, 2.24) is 4.57 Å². The summed E-state index contributed by atoms with van der Waals surface area (Å²) < 4.78 is 85.3. The lowest BCUT2D eigenvalue weighted by Crippen LogP contribution is -2.16. The SMILES string of the molecule is CCOCn1c(-c2cc(F)c(F)c(F)c2)c(C#N)c(Br)c1C(F)(F)F. The minimum atomic E-state index is -4.88. The molecule has 1 aromatic carbocycles. The van der Waals surface area contributed by atoms with Crippen LogP contribution >= 0.6 is 15.9 Å². The number of hydrogen-bond donors (Lipinski definition) is 0. The van der Waals surface area contributed by atoms with Crippen LogP contribution in [0, 0.1) is 28.8 Å². The largest absolute Gasteiger partial charge is 0.432 e. The number of alkyl halides is 3. The zero-order valence-corrected chi connectivity index (χ0v) is 14.1. The number of rotatable bonds is 4. The fourth-order valence-electron chi connectivity index (χ4n) is 2.27. The summed E-state index contributed by atoms with van der Waals surface area (Å²) in [4.78, 5) is 0. The van der Waals surface area contributed by atoms with Gasteiger partial charge in [0.25, 0.3) is 0 Å². The number of halogens is 7.